The summed E-state index contributed by atoms with van der Waals surface area (Å²) in [5.41, 5.74) is 6.77. The zero-order valence-electron chi connectivity index (χ0n) is 6.02. The zero-order valence-corrected chi connectivity index (χ0v) is 6.02. The second-order valence-electron chi connectivity index (χ2n) is 2.75. The van der Waals surface area contributed by atoms with Gasteiger partial charge in [-0.1, -0.05) is 0 Å². The molecule has 0 aliphatic heterocycles. The van der Waals surface area contributed by atoms with Crippen molar-refractivity contribution in [2.75, 3.05) is 13.1 Å². The van der Waals surface area contributed by atoms with Crippen LogP contribution in [-0.4, -0.2) is 19.0 Å². The predicted molar refractivity (Wildman–Crippen MR) is 38.3 cm³/mol. The molecule has 1 rings (SSSR count). The van der Waals surface area contributed by atoms with Crippen molar-refractivity contribution in [3.05, 3.63) is 0 Å². The van der Waals surface area contributed by atoms with Gasteiger partial charge in [0.2, 0.25) is 5.91 Å². The van der Waals surface area contributed by atoms with Gasteiger partial charge in [-0.25, -0.2) is 0 Å². The van der Waals surface area contributed by atoms with Crippen LogP contribution in [0.15, 0.2) is 0 Å². The van der Waals surface area contributed by atoms with Crippen LogP contribution < -0.4 is 11.1 Å². The molecule has 1 aliphatic carbocycles. The molecule has 57 valence electrons. The van der Waals surface area contributed by atoms with E-state index in [2.05, 4.69) is 5.32 Å². The molecule has 0 bridgehead atoms. The summed E-state index contributed by atoms with van der Waals surface area (Å²) >= 11 is 0. The molecule has 0 aromatic heterocycles. The third-order valence-electron chi connectivity index (χ3n) is 1.64. The minimum absolute atomic E-state index is 0.0295. The van der Waals surface area contributed by atoms with E-state index >= 15 is 0 Å². The van der Waals surface area contributed by atoms with Crippen LogP contribution in [0.2, 0.25) is 0 Å². The van der Waals surface area contributed by atoms with Crippen molar-refractivity contribution < 1.29 is 4.79 Å². The molecule has 3 heteroatoms. The lowest BCUT2D eigenvalue weighted by molar-refractivity contribution is -0.120. The maximum absolute atomic E-state index is 10.7. The van der Waals surface area contributed by atoms with Crippen LogP contribution in [0.4, 0.5) is 0 Å². The smallest absolute Gasteiger partial charge is 0.221 e. The first-order chi connectivity index (χ1) is 4.83. The van der Waals surface area contributed by atoms with Gasteiger partial charge in [0.05, 0.1) is 0 Å². The Bertz CT molecular complexity index is 121. The summed E-state index contributed by atoms with van der Waals surface area (Å²) in [6.45, 7) is 1.04. The fourth-order valence-electron chi connectivity index (χ4n) is 0.782. The first kappa shape index (κ1) is 7.54. The van der Waals surface area contributed by atoms with Gasteiger partial charge in [-0.15, -0.1) is 0 Å². The Morgan fingerprint density at radius 3 is 2.80 bits per heavy atom. The maximum Gasteiger partial charge on any atom is 0.221 e. The molecular formula is C7H13N2O. The molecule has 0 saturated heterocycles. The van der Waals surface area contributed by atoms with Crippen molar-refractivity contribution in [1.29, 1.82) is 0 Å². The monoisotopic (exact) mass is 141 g/mol. The maximum atomic E-state index is 10.7. The lowest BCUT2D eigenvalue weighted by Gasteiger charge is -2.00. The average molecular weight is 141 g/mol. The highest BCUT2D eigenvalue weighted by molar-refractivity contribution is 5.76. The van der Waals surface area contributed by atoms with Crippen LogP contribution in [-0.2, 0) is 4.79 Å². The summed E-state index contributed by atoms with van der Waals surface area (Å²) in [7, 11) is 0. The number of carbonyl (C=O) groups is 1. The minimum Gasteiger partial charge on any atom is -0.356 e. The SMILES string of the molecule is [NH]CCC(=O)NCC1CC1. The number of nitrogens with one attached hydrogen (secondary N) is 2. The highest BCUT2D eigenvalue weighted by Crippen LogP contribution is 2.27. The summed E-state index contributed by atoms with van der Waals surface area (Å²) in [6.07, 6.45) is 2.88. The van der Waals surface area contributed by atoms with Crippen molar-refractivity contribution in [3.8, 4) is 0 Å². The summed E-state index contributed by atoms with van der Waals surface area (Å²) in [4.78, 5) is 10.7. The fourth-order valence-corrected chi connectivity index (χ4v) is 0.782. The fraction of sp³-hybridized carbons (Fsp3) is 0.857. The molecule has 1 radical (unpaired) electrons. The summed E-state index contributed by atoms with van der Waals surface area (Å²) in [5.74, 6) is 0.775. The van der Waals surface area contributed by atoms with Crippen LogP contribution >= 0.6 is 0 Å². The Morgan fingerprint density at radius 1 is 1.60 bits per heavy atom. The van der Waals surface area contributed by atoms with E-state index in [1.54, 1.807) is 0 Å². The van der Waals surface area contributed by atoms with E-state index in [4.69, 9.17) is 5.73 Å². The predicted octanol–water partition coefficient (Wildman–Crippen LogP) is 0.186. The average Bonchev–Trinajstić information content (AvgIpc) is 2.67. The zero-order chi connectivity index (χ0) is 7.40. The number of carbonyl (C=O) groups excluding carboxylic acids is 1. The van der Waals surface area contributed by atoms with E-state index in [9.17, 15) is 4.79 Å². The molecule has 1 amide bonds. The molecule has 0 aromatic rings. The highest BCUT2D eigenvalue weighted by atomic mass is 16.1. The first-order valence-electron chi connectivity index (χ1n) is 3.74. The Balaban J connectivity index is 1.94. The standard InChI is InChI=1S/C7H13N2O/c8-4-3-7(10)9-5-6-1-2-6/h6,8H,1-5H2,(H,9,10). The normalized spacial score (nSPS) is 16.9. The Labute approximate surface area is 61.0 Å². The molecule has 0 heterocycles. The third kappa shape index (κ3) is 2.82. The number of hydrogen-bond donors (Lipinski definition) is 1. The minimum atomic E-state index is 0.0295. The molecular weight excluding hydrogens is 128 g/mol. The van der Waals surface area contributed by atoms with Crippen molar-refractivity contribution in [1.82, 2.24) is 11.1 Å². The van der Waals surface area contributed by atoms with Gasteiger partial charge in [0, 0.05) is 19.5 Å². The largest absolute Gasteiger partial charge is 0.356 e. The quantitative estimate of drug-likeness (QED) is 0.596. The van der Waals surface area contributed by atoms with Gasteiger partial charge in [-0.3, -0.25) is 10.5 Å². The molecule has 10 heavy (non-hydrogen) atoms. The number of hydrogen-bond acceptors (Lipinski definition) is 1. The van der Waals surface area contributed by atoms with E-state index in [1.807, 2.05) is 0 Å². The molecule has 0 unspecified atom stereocenters. The molecule has 3 nitrogen and oxygen atoms in total. The molecule has 0 spiro atoms. The molecule has 0 atom stereocenters. The van der Waals surface area contributed by atoms with Crippen LogP contribution in [0.3, 0.4) is 0 Å². The van der Waals surface area contributed by atoms with E-state index in [1.165, 1.54) is 12.8 Å². The topological polar surface area (TPSA) is 52.9 Å². The number of amides is 1. The third-order valence-corrected chi connectivity index (χ3v) is 1.64. The molecule has 1 saturated carbocycles. The van der Waals surface area contributed by atoms with Gasteiger partial charge in [0.25, 0.3) is 0 Å². The highest BCUT2D eigenvalue weighted by Gasteiger charge is 2.21. The van der Waals surface area contributed by atoms with Gasteiger partial charge in [0.1, 0.15) is 0 Å². The lowest BCUT2D eigenvalue weighted by Crippen LogP contribution is -2.26. The van der Waals surface area contributed by atoms with Crippen molar-refractivity contribution in [3.63, 3.8) is 0 Å². The van der Waals surface area contributed by atoms with E-state index in [0.717, 1.165) is 12.5 Å². The van der Waals surface area contributed by atoms with Crippen LogP contribution in [0.25, 0.3) is 0 Å². The Hall–Kier alpha value is -0.570. The van der Waals surface area contributed by atoms with Crippen LogP contribution in [0.1, 0.15) is 19.3 Å². The molecule has 0 aromatic carbocycles. The summed E-state index contributed by atoms with van der Waals surface area (Å²) in [5, 5.41) is 2.79. The lowest BCUT2D eigenvalue weighted by atomic mass is 10.3. The van der Waals surface area contributed by atoms with E-state index in [0.29, 0.717) is 6.42 Å². The molecule has 2 N–H and O–H groups in total. The van der Waals surface area contributed by atoms with Gasteiger partial charge >= 0.3 is 0 Å². The summed E-state index contributed by atoms with van der Waals surface area (Å²) in [6, 6.07) is 0. The van der Waals surface area contributed by atoms with Crippen LogP contribution in [0, 0.1) is 5.92 Å². The second-order valence-corrected chi connectivity index (χ2v) is 2.75. The van der Waals surface area contributed by atoms with Gasteiger partial charge < -0.3 is 5.32 Å². The van der Waals surface area contributed by atoms with Crippen molar-refractivity contribution in [2.45, 2.75) is 19.3 Å². The molecule has 1 fully saturated rings. The molecule has 1 aliphatic rings. The van der Waals surface area contributed by atoms with Gasteiger partial charge in [-0.2, -0.15) is 0 Å². The van der Waals surface area contributed by atoms with Crippen molar-refractivity contribution >= 4 is 5.91 Å². The van der Waals surface area contributed by atoms with Crippen molar-refractivity contribution in [2.24, 2.45) is 5.92 Å². The first-order valence-corrected chi connectivity index (χ1v) is 3.74. The Kier molecular flexibility index (Phi) is 2.68. The van der Waals surface area contributed by atoms with E-state index in [-0.39, 0.29) is 12.5 Å². The van der Waals surface area contributed by atoms with E-state index < -0.39 is 0 Å². The van der Waals surface area contributed by atoms with Crippen LogP contribution in [0.5, 0.6) is 0 Å². The van der Waals surface area contributed by atoms with Gasteiger partial charge in [-0.05, 0) is 18.8 Å². The Morgan fingerprint density at radius 2 is 2.30 bits per heavy atom. The van der Waals surface area contributed by atoms with Gasteiger partial charge in [0.15, 0.2) is 0 Å². The second kappa shape index (κ2) is 3.56. The number of rotatable bonds is 4. The summed E-state index contributed by atoms with van der Waals surface area (Å²) < 4.78 is 0.